The van der Waals surface area contributed by atoms with E-state index >= 15 is 0 Å². The highest BCUT2D eigenvalue weighted by Gasteiger charge is 2.06. The Kier molecular flexibility index (Phi) is 3.91. The number of hydrogen-bond acceptors (Lipinski definition) is 4. The summed E-state index contributed by atoms with van der Waals surface area (Å²) in [6.45, 7) is 2.86. The summed E-state index contributed by atoms with van der Waals surface area (Å²) >= 11 is 0. The normalized spacial score (nSPS) is 9.73. The zero-order valence-corrected chi connectivity index (χ0v) is 9.03. The number of hydrogen-bond donors (Lipinski definition) is 2. The number of rotatable bonds is 4. The topological polar surface area (TPSA) is 71.2 Å². The van der Waals surface area contributed by atoms with Crippen LogP contribution in [0.4, 0.5) is 11.5 Å². The van der Waals surface area contributed by atoms with Crippen LogP contribution in [0, 0.1) is 0 Å². The third-order valence-electron chi connectivity index (χ3n) is 2.17. The highest BCUT2D eigenvalue weighted by atomic mass is 16.2. The van der Waals surface area contributed by atoms with Crippen LogP contribution in [0.25, 0.3) is 0 Å². The molecular weight excluding hydrogens is 192 g/mol. The molecule has 1 rings (SSSR count). The largest absolute Gasteiger partial charge is 0.382 e. The van der Waals surface area contributed by atoms with Gasteiger partial charge in [0.2, 0.25) is 5.91 Å². The van der Waals surface area contributed by atoms with Crippen molar-refractivity contribution in [2.75, 3.05) is 31.2 Å². The van der Waals surface area contributed by atoms with Gasteiger partial charge in [-0.3, -0.25) is 4.79 Å². The van der Waals surface area contributed by atoms with E-state index in [1.807, 2.05) is 6.92 Å². The SMILES string of the molecule is CCN(C)C(=O)CNc1cccnc1N. The molecule has 1 aromatic rings. The first kappa shape index (κ1) is 11.3. The molecule has 0 aromatic carbocycles. The van der Waals surface area contributed by atoms with Crippen molar-refractivity contribution in [3.05, 3.63) is 18.3 Å². The highest BCUT2D eigenvalue weighted by molar-refractivity contribution is 5.81. The molecule has 0 spiro atoms. The first-order valence-corrected chi connectivity index (χ1v) is 4.83. The number of aromatic nitrogens is 1. The van der Waals surface area contributed by atoms with E-state index in [0.29, 0.717) is 18.1 Å². The average molecular weight is 208 g/mol. The lowest BCUT2D eigenvalue weighted by Gasteiger charge is -2.15. The Morgan fingerprint density at radius 3 is 3.00 bits per heavy atom. The van der Waals surface area contributed by atoms with Gasteiger partial charge >= 0.3 is 0 Å². The molecule has 1 aromatic heterocycles. The zero-order valence-electron chi connectivity index (χ0n) is 9.03. The van der Waals surface area contributed by atoms with Gasteiger partial charge in [0, 0.05) is 19.8 Å². The summed E-state index contributed by atoms with van der Waals surface area (Å²) in [5.41, 5.74) is 6.31. The van der Waals surface area contributed by atoms with Crippen molar-refractivity contribution in [1.82, 2.24) is 9.88 Å². The fourth-order valence-corrected chi connectivity index (χ4v) is 1.05. The fourth-order valence-electron chi connectivity index (χ4n) is 1.05. The Balaban J connectivity index is 2.51. The average Bonchev–Trinajstić information content (AvgIpc) is 2.26. The minimum atomic E-state index is 0.0285. The molecule has 5 nitrogen and oxygen atoms in total. The molecule has 0 radical (unpaired) electrons. The van der Waals surface area contributed by atoms with Crippen molar-refractivity contribution in [2.45, 2.75) is 6.92 Å². The van der Waals surface area contributed by atoms with E-state index in [1.54, 1.807) is 30.3 Å². The summed E-state index contributed by atoms with van der Waals surface area (Å²) in [6, 6.07) is 3.56. The van der Waals surface area contributed by atoms with Gasteiger partial charge in [-0.15, -0.1) is 0 Å². The lowest BCUT2D eigenvalue weighted by Crippen LogP contribution is -2.32. The van der Waals surface area contributed by atoms with Crippen LogP contribution in [-0.2, 0) is 4.79 Å². The number of likely N-dealkylation sites (N-methyl/N-ethyl adjacent to an activating group) is 1. The summed E-state index contributed by atoms with van der Waals surface area (Å²) in [6.07, 6.45) is 1.61. The summed E-state index contributed by atoms with van der Waals surface area (Å²) in [7, 11) is 1.76. The predicted molar refractivity (Wildman–Crippen MR) is 60.5 cm³/mol. The predicted octanol–water partition coefficient (Wildman–Crippen LogP) is 0.554. The van der Waals surface area contributed by atoms with Gasteiger partial charge in [-0.1, -0.05) is 0 Å². The quantitative estimate of drug-likeness (QED) is 0.758. The van der Waals surface area contributed by atoms with Gasteiger partial charge < -0.3 is 16.0 Å². The third kappa shape index (κ3) is 3.12. The minimum absolute atomic E-state index is 0.0285. The van der Waals surface area contributed by atoms with E-state index in [1.165, 1.54) is 0 Å². The fraction of sp³-hybridized carbons (Fsp3) is 0.400. The van der Waals surface area contributed by atoms with Gasteiger partial charge in [0.15, 0.2) is 0 Å². The Morgan fingerprint density at radius 2 is 2.40 bits per heavy atom. The molecule has 15 heavy (non-hydrogen) atoms. The van der Waals surface area contributed by atoms with E-state index in [4.69, 9.17) is 5.73 Å². The van der Waals surface area contributed by atoms with E-state index in [-0.39, 0.29) is 12.5 Å². The van der Waals surface area contributed by atoms with Crippen LogP contribution in [0.15, 0.2) is 18.3 Å². The van der Waals surface area contributed by atoms with Crippen LogP contribution in [0.5, 0.6) is 0 Å². The van der Waals surface area contributed by atoms with Crippen LogP contribution in [0.2, 0.25) is 0 Å². The van der Waals surface area contributed by atoms with Crippen molar-refractivity contribution < 1.29 is 4.79 Å². The number of anilines is 2. The number of pyridine rings is 1. The van der Waals surface area contributed by atoms with Crippen LogP contribution in [0.1, 0.15) is 6.92 Å². The summed E-state index contributed by atoms with van der Waals surface area (Å²) in [5.74, 6) is 0.435. The first-order valence-electron chi connectivity index (χ1n) is 4.83. The highest BCUT2D eigenvalue weighted by Crippen LogP contribution is 2.12. The van der Waals surface area contributed by atoms with Gasteiger partial charge in [0.05, 0.1) is 12.2 Å². The maximum atomic E-state index is 11.5. The number of nitrogens with two attached hydrogens (primary N) is 1. The lowest BCUT2D eigenvalue weighted by molar-refractivity contribution is -0.127. The Hall–Kier alpha value is -1.78. The second-order valence-corrected chi connectivity index (χ2v) is 3.20. The molecule has 0 unspecified atom stereocenters. The molecule has 0 fully saturated rings. The number of carbonyl (C=O) groups excluding carboxylic acids is 1. The Morgan fingerprint density at radius 1 is 1.67 bits per heavy atom. The van der Waals surface area contributed by atoms with Gasteiger partial charge in [-0.05, 0) is 19.1 Å². The molecule has 1 heterocycles. The Bertz CT molecular complexity index is 340. The molecule has 0 atom stereocenters. The van der Waals surface area contributed by atoms with Crippen molar-refractivity contribution >= 4 is 17.4 Å². The van der Waals surface area contributed by atoms with E-state index in [2.05, 4.69) is 10.3 Å². The van der Waals surface area contributed by atoms with Crippen molar-refractivity contribution in [3.8, 4) is 0 Å². The van der Waals surface area contributed by atoms with Gasteiger partial charge in [0.1, 0.15) is 5.82 Å². The van der Waals surface area contributed by atoms with Crippen molar-refractivity contribution in [3.63, 3.8) is 0 Å². The number of nitrogens with zero attached hydrogens (tertiary/aromatic N) is 2. The van der Waals surface area contributed by atoms with Gasteiger partial charge in [-0.25, -0.2) is 4.98 Å². The molecule has 0 saturated heterocycles. The molecule has 3 N–H and O–H groups in total. The third-order valence-corrected chi connectivity index (χ3v) is 2.17. The second kappa shape index (κ2) is 5.19. The van der Waals surface area contributed by atoms with E-state index in [0.717, 1.165) is 0 Å². The van der Waals surface area contributed by atoms with Crippen LogP contribution in [-0.4, -0.2) is 35.9 Å². The number of nitrogen functional groups attached to an aromatic ring is 1. The molecule has 0 aliphatic carbocycles. The Labute approximate surface area is 89.3 Å². The summed E-state index contributed by atoms with van der Waals surface area (Å²) < 4.78 is 0. The van der Waals surface area contributed by atoms with Crippen molar-refractivity contribution in [2.24, 2.45) is 0 Å². The zero-order chi connectivity index (χ0) is 11.3. The summed E-state index contributed by atoms with van der Waals surface area (Å²) in [5, 5.41) is 2.95. The number of nitrogens with one attached hydrogen (secondary N) is 1. The first-order chi connectivity index (χ1) is 7.15. The maximum Gasteiger partial charge on any atom is 0.241 e. The molecule has 82 valence electrons. The molecule has 0 bridgehead atoms. The van der Waals surface area contributed by atoms with Crippen LogP contribution in [0.3, 0.4) is 0 Å². The van der Waals surface area contributed by atoms with Gasteiger partial charge in [0.25, 0.3) is 0 Å². The molecule has 1 amide bonds. The van der Waals surface area contributed by atoms with E-state index < -0.39 is 0 Å². The standard InChI is InChI=1S/C10H16N4O/c1-3-14(2)9(15)7-13-8-5-4-6-12-10(8)11/h4-6,13H,3,7H2,1-2H3,(H2,11,12). The maximum absolute atomic E-state index is 11.5. The molecule has 5 heteroatoms. The van der Waals surface area contributed by atoms with Crippen LogP contribution >= 0.6 is 0 Å². The van der Waals surface area contributed by atoms with E-state index in [9.17, 15) is 4.79 Å². The molecule has 0 aliphatic heterocycles. The van der Waals surface area contributed by atoms with Gasteiger partial charge in [-0.2, -0.15) is 0 Å². The second-order valence-electron chi connectivity index (χ2n) is 3.20. The smallest absolute Gasteiger partial charge is 0.241 e. The molecule has 0 saturated carbocycles. The monoisotopic (exact) mass is 208 g/mol. The minimum Gasteiger partial charge on any atom is -0.382 e. The van der Waals surface area contributed by atoms with Crippen molar-refractivity contribution in [1.29, 1.82) is 0 Å². The number of amides is 1. The lowest BCUT2D eigenvalue weighted by atomic mass is 10.3. The summed E-state index contributed by atoms with van der Waals surface area (Å²) in [4.78, 5) is 17.0. The number of carbonyl (C=O) groups is 1. The molecular formula is C10H16N4O. The van der Waals surface area contributed by atoms with Crippen LogP contribution < -0.4 is 11.1 Å². The molecule has 0 aliphatic rings.